The third-order valence-electron chi connectivity index (χ3n) is 6.79. The van der Waals surface area contributed by atoms with Gasteiger partial charge in [-0.05, 0) is 57.7 Å². The topological polar surface area (TPSA) is 78.7 Å². The average Bonchev–Trinajstić information content (AvgIpc) is 3.40. The summed E-state index contributed by atoms with van der Waals surface area (Å²) < 4.78 is 5.52. The van der Waals surface area contributed by atoms with Gasteiger partial charge < -0.3 is 14.6 Å². The lowest BCUT2D eigenvalue weighted by Gasteiger charge is -2.49. The van der Waals surface area contributed by atoms with Crippen molar-refractivity contribution in [1.82, 2.24) is 20.1 Å². The Hall–Kier alpha value is -2.41. The summed E-state index contributed by atoms with van der Waals surface area (Å²) in [5.41, 5.74) is 1.40. The van der Waals surface area contributed by atoms with E-state index in [2.05, 4.69) is 22.1 Å². The minimum Gasteiger partial charge on any atom is -0.462 e. The Labute approximate surface area is 164 Å². The van der Waals surface area contributed by atoms with Crippen LogP contribution in [0.4, 0.5) is 0 Å². The van der Waals surface area contributed by atoms with Crippen LogP contribution in [0, 0.1) is 5.92 Å². The van der Waals surface area contributed by atoms with Crippen LogP contribution >= 0.6 is 0 Å². The first-order chi connectivity index (χ1) is 13.6. The Balaban J connectivity index is 1.39. The van der Waals surface area contributed by atoms with Crippen molar-refractivity contribution >= 4 is 22.8 Å². The van der Waals surface area contributed by atoms with E-state index in [4.69, 9.17) is 4.42 Å². The fourth-order valence-corrected chi connectivity index (χ4v) is 5.08. The van der Waals surface area contributed by atoms with E-state index in [-0.39, 0.29) is 17.9 Å². The number of fused-ring (bicyclic) bond motifs is 4. The molecule has 1 N–H and O–H groups in total. The Morgan fingerprint density at radius 3 is 2.64 bits per heavy atom. The molecule has 2 unspecified atom stereocenters. The molecule has 2 aromatic heterocycles. The van der Waals surface area contributed by atoms with Crippen LogP contribution in [0.5, 0.6) is 0 Å². The highest BCUT2D eigenvalue weighted by atomic mass is 16.3. The van der Waals surface area contributed by atoms with E-state index in [1.54, 1.807) is 12.3 Å². The second-order valence-corrected chi connectivity index (χ2v) is 8.33. The molecule has 4 aliphatic rings. The Morgan fingerprint density at radius 2 is 1.93 bits per heavy atom. The number of hydrogen-bond acceptors (Lipinski definition) is 5. The van der Waals surface area contributed by atoms with Crippen LogP contribution in [-0.4, -0.2) is 64.9 Å². The number of pyridine rings is 1. The fourth-order valence-electron chi connectivity index (χ4n) is 5.08. The molecular weight excluding hydrogens is 356 g/mol. The van der Waals surface area contributed by atoms with E-state index in [0.717, 1.165) is 51.9 Å². The lowest BCUT2D eigenvalue weighted by atomic mass is 9.79. The number of furan rings is 1. The summed E-state index contributed by atoms with van der Waals surface area (Å²) in [5, 5.41) is 3.87. The lowest BCUT2D eigenvalue weighted by molar-refractivity contribution is 0.0216. The maximum absolute atomic E-state index is 12.9. The quantitative estimate of drug-likeness (QED) is 0.881. The summed E-state index contributed by atoms with van der Waals surface area (Å²) in [6.07, 6.45) is 7.38. The van der Waals surface area contributed by atoms with Crippen molar-refractivity contribution < 1.29 is 14.0 Å². The number of nitrogens with zero attached hydrogens (tertiary/aromatic N) is 3. The normalized spacial score (nSPS) is 29.4. The molecule has 2 atom stereocenters. The van der Waals surface area contributed by atoms with Gasteiger partial charge in [0.1, 0.15) is 12.0 Å². The molecule has 2 aromatic rings. The number of amides is 2. The molecule has 0 saturated carbocycles. The summed E-state index contributed by atoms with van der Waals surface area (Å²) in [4.78, 5) is 34.3. The number of hydrogen-bond donors (Lipinski definition) is 1. The van der Waals surface area contributed by atoms with Crippen LogP contribution in [0.2, 0.25) is 0 Å². The molecule has 28 heavy (non-hydrogen) atoms. The van der Waals surface area contributed by atoms with Crippen molar-refractivity contribution in [2.45, 2.75) is 44.7 Å². The zero-order valence-electron chi connectivity index (χ0n) is 16.2. The monoisotopic (exact) mass is 382 g/mol. The van der Waals surface area contributed by atoms with E-state index in [0.29, 0.717) is 34.2 Å². The van der Waals surface area contributed by atoms with Gasteiger partial charge >= 0.3 is 0 Å². The number of carbonyl (C=O) groups excluding carboxylic acids is 2. The zero-order chi connectivity index (χ0) is 19.3. The SMILES string of the molecule is CC1C(NC(=O)c2cc3c(C(=O)N4CCCC4)coc3cn2)C2CCN1CC2. The molecule has 0 spiro atoms. The minimum absolute atomic E-state index is 0.0279. The molecule has 6 heterocycles. The number of piperidine rings is 3. The molecule has 4 saturated heterocycles. The van der Waals surface area contributed by atoms with Gasteiger partial charge in [0.05, 0.1) is 11.8 Å². The molecule has 0 aromatic carbocycles. The van der Waals surface area contributed by atoms with E-state index in [1.165, 1.54) is 6.26 Å². The van der Waals surface area contributed by atoms with Gasteiger partial charge in [-0.3, -0.25) is 14.5 Å². The highest BCUT2D eigenvalue weighted by Gasteiger charge is 2.40. The van der Waals surface area contributed by atoms with Crippen LogP contribution in [0.3, 0.4) is 0 Å². The van der Waals surface area contributed by atoms with Gasteiger partial charge in [0.25, 0.3) is 11.8 Å². The predicted molar refractivity (Wildman–Crippen MR) is 104 cm³/mol. The predicted octanol–water partition coefficient (Wildman–Crippen LogP) is 2.28. The number of aromatic nitrogens is 1. The molecule has 2 amide bonds. The van der Waals surface area contributed by atoms with Gasteiger partial charge in [-0.15, -0.1) is 0 Å². The molecule has 6 rings (SSSR count). The maximum Gasteiger partial charge on any atom is 0.270 e. The van der Waals surface area contributed by atoms with Gasteiger partial charge in [-0.2, -0.15) is 0 Å². The summed E-state index contributed by atoms with van der Waals surface area (Å²) in [6, 6.07) is 2.20. The van der Waals surface area contributed by atoms with E-state index in [9.17, 15) is 9.59 Å². The van der Waals surface area contributed by atoms with Gasteiger partial charge in [0.2, 0.25) is 0 Å². The van der Waals surface area contributed by atoms with Gasteiger partial charge in [-0.1, -0.05) is 0 Å². The van der Waals surface area contributed by atoms with E-state index < -0.39 is 0 Å². The van der Waals surface area contributed by atoms with Crippen molar-refractivity contribution in [3.8, 4) is 0 Å². The molecule has 7 heteroatoms. The molecule has 2 bridgehead atoms. The smallest absolute Gasteiger partial charge is 0.270 e. The molecule has 7 nitrogen and oxygen atoms in total. The number of nitrogens with one attached hydrogen (secondary N) is 1. The summed E-state index contributed by atoms with van der Waals surface area (Å²) in [5.74, 6) is 0.335. The Bertz CT molecular complexity index is 908. The largest absolute Gasteiger partial charge is 0.462 e. The molecule has 4 fully saturated rings. The van der Waals surface area contributed by atoms with Crippen molar-refractivity contribution in [1.29, 1.82) is 0 Å². The maximum atomic E-state index is 12.9. The third-order valence-corrected chi connectivity index (χ3v) is 6.79. The van der Waals surface area contributed by atoms with Crippen molar-refractivity contribution in [3.05, 3.63) is 29.8 Å². The number of likely N-dealkylation sites (tertiary alicyclic amines) is 1. The molecular formula is C21H26N4O3. The second kappa shape index (κ2) is 6.88. The summed E-state index contributed by atoms with van der Waals surface area (Å²) in [6.45, 7) is 6.00. The van der Waals surface area contributed by atoms with Gasteiger partial charge in [-0.25, -0.2) is 4.98 Å². The summed E-state index contributed by atoms with van der Waals surface area (Å²) >= 11 is 0. The second-order valence-electron chi connectivity index (χ2n) is 8.33. The van der Waals surface area contributed by atoms with Crippen LogP contribution in [0.25, 0.3) is 11.0 Å². The average molecular weight is 382 g/mol. The van der Waals surface area contributed by atoms with Crippen molar-refractivity contribution in [2.24, 2.45) is 5.92 Å². The molecule has 4 aliphatic heterocycles. The lowest BCUT2D eigenvalue weighted by Crippen LogP contribution is -2.62. The van der Waals surface area contributed by atoms with E-state index >= 15 is 0 Å². The minimum atomic E-state index is -0.173. The highest BCUT2D eigenvalue weighted by molar-refractivity contribution is 6.07. The highest BCUT2D eigenvalue weighted by Crippen LogP contribution is 2.32. The Kier molecular flexibility index (Phi) is 4.34. The first-order valence-electron chi connectivity index (χ1n) is 10.3. The molecule has 0 radical (unpaired) electrons. The molecule has 0 aliphatic carbocycles. The van der Waals surface area contributed by atoms with E-state index in [1.807, 2.05) is 4.90 Å². The van der Waals surface area contributed by atoms with Crippen molar-refractivity contribution in [2.75, 3.05) is 26.2 Å². The van der Waals surface area contributed by atoms with Gasteiger partial charge in [0.15, 0.2) is 5.58 Å². The Morgan fingerprint density at radius 1 is 1.18 bits per heavy atom. The van der Waals surface area contributed by atoms with Gasteiger partial charge in [0, 0.05) is 30.6 Å². The zero-order valence-corrected chi connectivity index (χ0v) is 16.2. The number of rotatable bonds is 3. The fraction of sp³-hybridized carbons (Fsp3) is 0.571. The van der Waals surface area contributed by atoms with Crippen LogP contribution in [0.15, 0.2) is 22.9 Å². The first-order valence-corrected chi connectivity index (χ1v) is 10.3. The molecule has 148 valence electrons. The van der Waals surface area contributed by atoms with Crippen LogP contribution in [-0.2, 0) is 0 Å². The van der Waals surface area contributed by atoms with Crippen LogP contribution in [0.1, 0.15) is 53.5 Å². The summed E-state index contributed by atoms with van der Waals surface area (Å²) in [7, 11) is 0. The third kappa shape index (κ3) is 2.89. The standard InChI is InChI=1S/C21H26N4O3/c1-13-19(14-4-8-24(13)9-5-14)23-20(26)17-10-15-16(12-28-18(15)11-22-17)21(27)25-6-2-3-7-25/h10-14,19H,2-9H2,1H3,(H,23,26). The first kappa shape index (κ1) is 17.7. The number of carbonyl (C=O) groups is 2. The van der Waals surface area contributed by atoms with Crippen LogP contribution < -0.4 is 5.32 Å². The van der Waals surface area contributed by atoms with Crippen molar-refractivity contribution in [3.63, 3.8) is 0 Å².